The van der Waals surface area contributed by atoms with E-state index in [-0.39, 0.29) is 5.60 Å². The molecule has 2 unspecified atom stereocenters. The van der Waals surface area contributed by atoms with Crippen molar-refractivity contribution < 1.29 is 9.47 Å². The summed E-state index contributed by atoms with van der Waals surface area (Å²) in [6, 6.07) is 6.92. The van der Waals surface area contributed by atoms with Gasteiger partial charge in [0.05, 0.1) is 6.61 Å². The predicted octanol–water partition coefficient (Wildman–Crippen LogP) is 2.74. The highest BCUT2D eigenvalue weighted by molar-refractivity contribution is 5.45. The Morgan fingerprint density at radius 3 is 2.95 bits per heavy atom. The molecule has 2 atom stereocenters. The van der Waals surface area contributed by atoms with Crippen molar-refractivity contribution in [1.82, 2.24) is 10.2 Å². The predicted molar refractivity (Wildman–Crippen MR) is 86.6 cm³/mol. The highest BCUT2D eigenvalue weighted by atomic mass is 16.5. The minimum Gasteiger partial charge on any atom is -0.494 e. The monoisotopic (exact) mass is 302 g/mol. The van der Waals surface area contributed by atoms with Gasteiger partial charge in [-0.15, -0.1) is 0 Å². The lowest BCUT2D eigenvalue weighted by atomic mass is 9.85. The largest absolute Gasteiger partial charge is 0.494 e. The molecule has 0 bridgehead atoms. The van der Waals surface area contributed by atoms with E-state index in [0.29, 0.717) is 12.6 Å². The highest BCUT2D eigenvalue weighted by Crippen LogP contribution is 2.46. The van der Waals surface area contributed by atoms with E-state index in [4.69, 9.17) is 9.47 Å². The minimum atomic E-state index is -0.0227. The second kappa shape index (κ2) is 5.74. The van der Waals surface area contributed by atoms with E-state index in [1.54, 1.807) is 0 Å². The lowest BCUT2D eigenvalue weighted by Crippen LogP contribution is -2.46. The van der Waals surface area contributed by atoms with Crippen LogP contribution in [0.15, 0.2) is 18.2 Å². The highest BCUT2D eigenvalue weighted by Gasteiger charge is 2.45. The molecule has 4 nitrogen and oxygen atoms in total. The Morgan fingerprint density at radius 2 is 2.23 bits per heavy atom. The fraction of sp³-hybridized carbons (Fsp3) is 0.667. The fourth-order valence-corrected chi connectivity index (χ4v) is 4.23. The van der Waals surface area contributed by atoms with Crippen molar-refractivity contribution >= 4 is 0 Å². The van der Waals surface area contributed by atoms with Gasteiger partial charge in [-0.3, -0.25) is 4.90 Å². The summed E-state index contributed by atoms with van der Waals surface area (Å²) >= 11 is 0. The zero-order valence-corrected chi connectivity index (χ0v) is 13.4. The minimum absolute atomic E-state index is 0.0227. The Hall–Kier alpha value is -1.26. The van der Waals surface area contributed by atoms with Gasteiger partial charge in [-0.25, -0.2) is 0 Å². The number of ether oxygens (including phenoxy) is 2. The first-order valence-electron chi connectivity index (χ1n) is 8.70. The Bertz CT molecular complexity index is 534. The number of hydrogen-bond acceptors (Lipinski definition) is 4. The lowest BCUT2D eigenvalue weighted by molar-refractivity contribution is 0.0225. The van der Waals surface area contributed by atoms with Gasteiger partial charge < -0.3 is 14.8 Å². The summed E-state index contributed by atoms with van der Waals surface area (Å²) in [5.74, 6) is 1.96. The summed E-state index contributed by atoms with van der Waals surface area (Å²) in [4.78, 5) is 2.65. The van der Waals surface area contributed by atoms with Crippen LogP contribution in [0.3, 0.4) is 0 Å². The third-order valence-electron chi connectivity index (χ3n) is 5.33. The molecular formula is C18H26N2O2. The van der Waals surface area contributed by atoms with Crippen molar-refractivity contribution in [2.45, 2.75) is 44.2 Å². The molecule has 1 N–H and O–H groups in total. The van der Waals surface area contributed by atoms with Crippen LogP contribution in [0.25, 0.3) is 0 Å². The van der Waals surface area contributed by atoms with Crippen LogP contribution in [0.4, 0.5) is 0 Å². The molecule has 0 amide bonds. The molecule has 1 aromatic rings. The molecule has 22 heavy (non-hydrogen) atoms. The van der Waals surface area contributed by atoms with Crippen molar-refractivity contribution in [3.05, 3.63) is 23.8 Å². The standard InChI is InChI=1S/C18H26N2O2/c1-2-21-14-5-6-15-16(20-9-3-4-10-20)12-18(7-8-19-13-18)22-17(15)11-14/h5-6,11,16,19H,2-4,7-10,12-13H2,1H3. The van der Waals surface area contributed by atoms with Gasteiger partial charge in [-0.2, -0.15) is 0 Å². The van der Waals surface area contributed by atoms with Crippen LogP contribution in [0.1, 0.15) is 44.2 Å². The van der Waals surface area contributed by atoms with Crippen LogP contribution >= 0.6 is 0 Å². The van der Waals surface area contributed by atoms with Crippen LogP contribution in [0, 0.1) is 0 Å². The van der Waals surface area contributed by atoms with E-state index in [0.717, 1.165) is 37.4 Å². The maximum Gasteiger partial charge on any atom is 0.128 e. The van der Waals surface area contributed by atoms with E-state index in [9.17, 15) is 0 Å². The molecule has 0 aliphatic carbocycles. The lowest BCUT2D eigenvalue weighted by Gasteiger charge is -2.43. The summed E-state index contributed by atoms with van der Waals surface area (Å²) in [5.41, 5.74) is 1.33. The van der Waals surface area contributed by atoms with Gasteiger partial charge in [-0.05, 0) is 45.5 Å². The molecule has 4 heteroatoms. The van der Waals surface area contributed by atoms with Crippen LogP contribution in [-0.2, 0) is 0 Å². The van der Waals surface area contributed by atoms with Gasteiger partial charge in [0.1, 0.15) is 17.1 Å². The maximum absolute atomic E-state index is 6.49. The number of likely N-dealkylation sites (tertiary alicyclic amines) is 1. The molecule has 2 fully saturated rings. The van der Waals surface area contributed by atoms with Crippen LogP contribution in [0.5, 0.6) is 11.5 Å². The molecule has 3 aliphatic rings. The Kier molecular flexibility index (Phi) is 3.74. The topological polar surface area (TPSA) is 33.7 Å². The van der Waals surface area contributed by atoms with E-state index < -0.39 is 0 Å². The maximum atomic E-state index is 6.49. The van der Waals surface area contributed by atoms with Crippen molar-refractivity contribution in [2.24, 2.45) is 0 Å². The molecule has 0 radical (unpaired) electrons. The van der Waals surface area contributed by atoms with E-state index >= 15 is 0 Å². The van der Waals surface area contributed by atoms with E-state index in [2.05, 4.69) is 28.4 Å². The molecule has 2 saturated heterocycles. The SMILES string of the molecule is CCOc1ccc2c(c1)OC1(CCNC1)CC2N1CCCC1. The second-order valence-electron chi connectivity index (χ2n) is 6.81. The van der Waals surface area contributed by atoms with Gasteiger partial charge in [0, 0.05) is 37.1 Å². The first kappa shape index (κ1) is 14.3. The average molecular weight is 302 g/mol. The smallest absolute Gasteiger partial charge is 0.128 e. The summed E-state index contributed by atoms with van der Waals surface area (Å²) in [7, 11) is 0. The molecule has 3 aliphatic heterocycles. The van der Waals surface area contributed by atoms with Crippen LogP contribution in [-0.4, -0.2) is 43.3 Å². The molecule has 3 heterocycles. The number of nitrogens with one attached hydrogen (secondary N) is 1. The molecule has 120 valence electrons. The zero-order valence-electron chi connectivity index (χ0n) is 13.4. The number of rotatable bonds is 3. The van der Waals surface area contributed by atoms with Crippen molar-refractivity contribution in [3.63, 3.8) is 0 Å². The molecule has 1 aromatic carbocycles. The van der Waals surface area contributed by atoms with Gasteiger partial charge in [0.15, 0.2) is 0 Å². The average Bonchev–Trinajstić information content (AvgIpc) is 3.19. The van der Waals surface area contributed by atoms with Gasteiger partial charge in [-0.1, -0.05) is 6.07 Å². The Labute approximate surface area is 132 Å². The molecule has 0 aromatic heterocycles. The number of hydrogen-bond donors (Lipinski definition) is 1. The summed E-state index contributed by atoms with van der Waals surface area (Å²) in [6.07, 6.45) is 4.88. The van der Waals surface area contributed by atoms with Crippen LogP contribution in [0.2, 0.25) is 0 Å². The molecule has 1 spiro atoms. The van der Waals surface area contributed by atoms with Crippen LogP contribution < -0.4 is 14.8 Å². The summed E-state index contributed by atoms with van der Waals surface area (Å²) in [5, 5.41) is 3.49. The van der Waals surface area contributed by atoms with E-state index in [1.807, 2.05) is 6.92 Å². The quantitative estimate of drug-likeness (QED) is 0.931. The molecular weight excluding hydrogens is 276 g/mol. The summed E-state index contributed by atoms with van der Waals surface area (Å²) < 4.78 is 12.2. The number of nitrogens with zero attached hydrogens (tertiary/aromatic N) is 1. The second-order valence-corrected chi connectivity index (χ2v) is 6.81. The number of benzene rings is 1. The molecule has 0 saturated carbocycles. The summed E-state index contributed by atoms with van der Waals surface area (Å²) in [6.45, 7) is 7.20. The first-order valence-corrected chi connectivity index (χ1v) is 8.70. The first-order chi connectivity index (χ1) is 10.8. The van der Waals surface area contributed by atoms with Gasteiger partial charge >= 0.3 is 0 Å². The molecule has 4 rings (SSSR count). The van der Waals surface area contributed by atoms with Crippen molar-refractivity contribution in [2.75, 3.05) is 32.8 Å². The van der Waals surface area contributed by atoms with E-state index in [1.165, 1.54) is 31.5 Å². The zero-order chi connectivity index (χ0) is 15.0. The van der Waals surface area contributed by atoms with Crippen molar-refractivity contribution in [1.29, 1.82) is 0 Å². The van der Waals surface area contributed by atoms with Gasteiger partial charge in [0.2, 0.25) is 0 Å². The third kappa shape index (κ3) is 2.48. The fourth-order valence-electron chi connectivity index (χ4n) is 4.23. The van der Waals surface area contributed by atoms with Crippen molar-refractivity contribution in [3.8, 4) is 11.5 Å². The number of fused-ring (bicyclic) bond motifs is 1. The normalized spacial score (nSPS) is 31.2. The third-order valence-corrected chi connectivity index (χ3v) is 5.33. The Balaban J connectivity index is 1.70. The Morgan fingerprint density at radius 1 is 1.36 bits per heavy atom. The van der Waals surface area contributed by atoms with Gasteiger partial charge in [0.25, 0.3) is 0 Å².